The fourth-order valence-electron chi connectivity index (χ4n) is 2.44. The Morgan fingerprint density at radius 3 is 2.61 bits per heavy atom. The van der Waals surface area contributed by atoms with Gasteiger partial charge in [-0.05, 0) is 41.8 Å². The lowest BCUT2D eigenvalue weighted by Crippen LogP contribution is -2.11. The van der Waals surface area contributed by atoms with Gasteiger partial charge in [-0.2, -0.15) is 0 Å². The highest BCUT2D eigenvalue weighted by Crippen LogP contribution is 2.23. The predicted octanol–water partition coefficient (Wildman–Crippen LogP) is 3.73. The summed E-state index contributed by atoms with van der Waals surface area (Å²) in [6, 6.07) is 15.7. The molecule has 3 aromatic rings. The summed E-state index contributed by atoms with van der Waals surface area (Å²) in [7, 11) is -3.63. The zero-order valence-corrected chi connectivity index (χ0v) is 13.0. The molecule has 0 saturated heterocycles. The van der Waals surface area contributed by atoms with E-state index in [0.29, 0.717) is 18.5 Å². The average Bonchev–Trinajstić information content (AvgIpc) is 3.00. The van der Waals surface area contributed by atoms with Crippen LogP contribution in [0.2, 0.25) is 0 Å². The van der Waals surface area contributed by atoms with Gasteiger partial charge in [0.1, 0.15) is 0 Å². The van der Waals surface area contributed by atoms with E-state index in [2.05, 4.69) is 10.0 Å². The molecule has 0 aliphatic carbocycles. The summed E-state index contributed by atoms with van der Waals surface area (Å²) in [5, 5.41) is 4.35. The molecule has 1 aromatic heterocycles. The smallest absolute Gasteiger partial charge is 0.241 e. The molecular weight excluding hydrogens is 312 g/mol. The van der Waals surface area contributed by atoms with Crippen molar-refractivity contribution in [3.63, 3.8) is 0 Å². The second-order valence-electron chi connectivity index (χ2n) is 5.03. The highest BCUT2D eigenvalue weighted by Gasteiger charge is 2.18. The molecule has 0 radical (unpaired) electrons. The van der Waals surface area contributed by atoms with Crippen LogP contribution in [0.5, 0.6) is 0 Å². The average molecular weight is 326 g/mol. The van der Waals surface area contributed by atoms with Gasteiger partial charge in [-0.3, -0.25) is 0 Å². The summed E-state index contributed by atoms with van der Waals surface area (Å²) in [6.07, 6.45) is 2.13. The van der Waals surface area contributed by atoms with E-state index in [-0.39, 0.29) is 4.90 Å². The minimum absolute atomic E-state index is 0.247. The van der Waals surface area contributed by atoms with Crippen LogP contribution in [-0.4, -0.2) is 18.9 Å². The van der Waals surface area contributed by atoms with Gasteiger partial charge in [-0.1, -0.05) is 35.4 Å². The second kappa shape index (κ2) is 6.16. The van der Waals surface area contributed by atoms with Gasteiger partial charge < -0.3 is 0 Å². The summed E-state index contributed by atoms with van der Waals surface area (Å²) in [4.78, 5) is 2.97. The van der Waals surface area contributed by atoms with Crippen LogP contribution in [0.1, 0.15) is 5.56 Å². The van der Waals surface area contributed by atoms with Crippen LogP contribution >= 0.6 is 0 Å². The van der Waals surface area contributed by atoms with Crippen LogP contribution < -0.4 is 0 Å². The first kappa shape index (κ1) is 15.1. The van der Waals surface area contributed by atoms with Gasteiger partial charge in [0.2, 0.25) is 0 Å². The zero-order valence-electron chi connectivity index (χ0n) is 12.2. The zero-order chi connectivity index (χ0) is 16.3. The van der Waals surface area contributed by atoms with Gasteiger partial charge in [0.05, 0.1) is 10.4 Å². The maximum atomic E-state index is 12.8. The van der Waals surface area contributed by atoms with Gasteiger partial charge in [0.15, 0.2) is 0 Å². The van der Waals surface area contributed by atoms with Crippen molar-refractivity contribution in [3.8, 4) is 0 Å². The van der Waals surface area contributed by atoms with Crippen LogP contribution in [0, 0.1) is 0 Å². The summed E-state index contributed by atoms with van der Waals surface area (Å²) >= 11 is 0. The van der Waals surface area contributed by atoms with Gasteiger partial charge in [-0.15, -0.1) is 0 Å². The monoisotopic (exact) mass is 326 g/mol. The van der Waals surface area contributed by atoms with Crippen molar-refractivity contribution in [2.24, 2.45) is 5.11 Å². The summed E-state index contributed by atoms with van der Waals surface area (Å²) in [5.41, 5.74) is 9.88. The molecule has 0 bridgehead atoms. The highest BCUT2D eigenvalue weighted by atomic mass is 32.2. The predicted molar refractivity (Wildman–Crippen MR) is 88.7 cm³/mol. The Morgan fingerprint density at radius 2 is 1.87 bits per heavy atom. The van der Waals surface area contributed by atoms with Crippen LogP contribution in [0.4, 0.5) is 0 Å². The van der Waals surface area contributed by atoms with Gasteiger partial charge >= 0.3 is 0 Å². The third-order valence-electron chi connectivity index (χ3n) is 3.59. The Bertz CT molecular complexity index is 987. The van der Waals surface area contributed by atoms with E-state index in [9.17, 15) is 8.42 Å². The lowest BCUT2D eigenvalue weighted by atomic mass is 10.1. The third-order valence-corrected chi connectivity index (χ3v) is 5.29. The van der Waals surface area contributed by atoms with E-state index < -0.39 is 10.0 Å². The second-order valence-corrected chi connectivity index (χ2v) is 6.84. The quantitative estimate of drug-likeness (QED) is 0.406. The van der Waals surface area contributed by atoms with Crippen LogP contribution in [0.25, 0.3) is 21.3 Å². The van der Waals surface area contributed by atoms with Crippen molar-refractivity contribution in [1.82, 2.24) is 3.97 Å². The largest absolute Gasteiger partial charge is 0.268 e. The molecule has 23 heavy (non-hydrogen) atoms. The minimum atomic E-state index is -3.63. The van der Waals surface area contributed by atoms with Crippen molar-refractivity contribution in [2.45, 2.75) is 11.3 Å². The molecule has 0 unspecified atom stereocenters. The van der Waals surface area contributed by atoms with E-state index in [1.807, 2.05) is 18.2 Å². The first-order valence-electron chi connectivity index (χ1n) is 7.04. The molecule has 0 aliphatic rings. The number of azide groups is 1. The topological polar surface area (TPSA) is 87.8 Å². The maximum absolute atomic E-state index is 12.8. The van der Waals surface area contributed by atoms with Gasteiger partial charge in [0, 0.05) is 23.0 Å². The Labute approximate surface area is 133 Å². The molecule has 0 fully saturated rings. The number of aromatic nitrogens is 1. The maximum Gasteiger partial charge on any atom is 0.268 e. The molecule has 0 N–H and O–H groups in total. The first-order valence-corrected chi connectivity index (χ1v) is 8.48. The van der Waals surface area contributed by atoms with E-state index in [1.165, 1.54) is 3.97 Å². The van der Waals surface area contributed by atoms with Crippen molar-refractivity contribution >= 4 is 20.9 Å². The molecule has 0 amide bonds. The third kappa shape index (κ3) is 2.92. The molecular formula is C16H14N4O2S. The molecule has 116 valence electrons. The number of hydrogen-bond acceptors (Lipinski definition) is 3. The fraction of sp³-hybridized carbons (Fsp3) is 0.125. The van der Waals surface area contributed by atoms with E-state index in [0.717, 1.165) is 10.9 Å². The molecule has 1 heterocycles. The standard InChI is InChI=1S/C16H14N4O2S/c17-19-18-10-8-13-6-7-14-9-11-20(16(14)12-13)23(21,22)15-4-2-1-3-5-15/h1-7,9,11-12H,8,10H2. The molecule has 7 heteroatoms. The number of hydrogen-bond donors (Lipinski definition) is 0. The lowest BCUT2D eigenvalue weighted by molar-refractivity contribution is 0.589. The molecule has 0 aliphatic heterocycles. The van der Waals surface area contributed by atoms with Crippen molar-refractivity contribution in [3.05, 3.63) is 76.8 Å². The SMILES string of the molecule is [N-]=[N+]=NCCc1ccc2ccn(S(=O)(=O)c3ccccc3)c2c1. The first-order chi connectivity index (χ1) is 11.1. The van der Waals surface area contributed by atoms with E-state index >= 15 is 0 Å². The molecule has 6 nitrogen and oxygen atoms in total. The Kier molecular flexibility index (Phi) is 4.06. The van der Waals surface area contributed by atoms with E-state index in [4.69, 9.17) is 5.53 Å². The highest BCUT2D eigenvalue weighted by molar-refractivity contribution is 7.90. The lowest BCUT2D eigenvalue weighted by Gasteiger charge is -2.08. The Morgan fingerprint density at radius 1 is 1.09 bits per heavy atom. The summed E-state index contributed by atoms with van der Waals surface area (Å²) in [6.45, 7) is 0.341. The number of nitrogens with zero attached hydrogens (tertiary/aromatic N) is 4. The Balaban J connectivity index is 2.07. The summed E-state index contributed by atoms with van der Waals surface area (Å²) in [5.74, 6) is 0. The number of benzene rings is 2. The fourth-order valence-corrected chi connectivity index (χ4v) is 3.81. The van der Waals surface area contributed by atoms with Crippen LogP contribution in [-0.2, 0) is 16.4 Å². The molecule has 3 rings (SSSR count). The van der Waals surface area contributed by atoms with Crippen molar-refractivity contribution < 1.29 is 8.42 Å². The number of fused-ring (bicyclic) bond motifs is 1. The van der Waals surface area contributed by atoms with Crippen molar-refractivity contribution in [1.29, 1.82) is 0 Å². The van der Waals surface area contributed by atoms with Crippen LogP contribution in [0.3, 0.4) is 0 Å². The number of rotatable bonds is 5. The van der Waals surface area contributed by atoms with Gasteiger partial charge in [-0.25, -0.2) is 12.4 Å². The van der Waals surface area contributed by atoms with Crippen molar-refractivity contribution in [2.75, 3.05) is 6.54 Å². The molecule has 0 atom stereocenters. The summed E-state index contributed by atoms with van der Waals surface area (Å²) < 4.78 is 26.8. The molecule has 2 aromatic carbocycles. The van der Waals surface area contributed by atoms with E-state index in [1.54, 1.807) is 42.6 Å². The van der Waals surface area contributed by atoms with Crippen LogP contribution in [0.15, 0.2) is 70.8 Å². The molecule has 0 spiro atoms. The normalized spacial score (nSPS) is 11.3. The van der Waals surface area contributed by atoms with Gasteiger partial charge in [0.25, 0.3) is 10.0 Å². The Hall–Kier alpha value is -2.76. The molecule has 0 saturated carbocycles. The minimum Gasteiger partial charge on any atom is -0.241 e.